The Kier molecular flexibility index (Phi) is 25.1. The van der Waals surface area contributed by atoms with Crippen LogP contribution in [0.25, 0.3) is 0 Å². The topological polar surface area (TPSA) is 30.9 Å². The Bertz CT molecular complexity index is 1160. The predicted octanol–water partition coefficient (Wildman–Crippen LogP) is 16.0. The van der Waals surface area contributed by atoms with Crippen LogP contribution >= 0.6 is 0 Å². The Morgan fingerprint density at radius 3 is 1.88 bits per heavy atom. The normalized spacial score (nSPS) is 28.9. The van der Waals surface area contributed by atoms with E-state index in [2.05, 4.69) is 78.8 Å². The Balaban J connectivity index is 0.976. The number of hydrogen-bond donors (Lipinski definition) is 0. The van der Waals surface area contributed by atoms with E-state index in [0.29, 0.717) is 23.0 Å². The molecule has 0 radical (unpaired) electrons. The maximum absolute atomic E-state index is 6.59. The van der Waals surface area contributed by atoms with Gasteiger partial charge in [-0.25, -0.2) is 0 Å². The molecule has 3 unspecified atom stereocenters. The highest BCUT2D eigenvalue weighted by Gasteiger charge is 2.59. The second-order valence-electron chi connectivity index (χ2n) is 22.1. The highest BCUT2D eigenvalue weighted by Crippen LogP contribution is 2.67. The largest absolute Gasteiger partial charge is 0.380 e. The summed E-state index contributed by atoms with van der Waals surface area (Å²) in [7, 11) is 4.31. The highest BCUT2D eigenvalue weighted by atomic mass is 16.5. The first-order valence-electron chi connectivity index (χ1n) is 26.9. The van der Waals surface area contributed by atoms with Crippen LogP contribution in [0.15, 0.2) is 23.8 Å². The Morgan fingerprint density at radius 2 is 1.27 bits per heavy atom. The minimum absolute atomic E-state index is 0.335. The van der Waals surface area contributed by atoms with E-state index in [1.165, 1.54) is 180 Å². The number of unbranched alkanes of at least 4 members (excludes halogenated alkanes) is 15. The standard InChI is InChI=1S/C56H103NO3/c1-9-10-11-12-13-14-15-16-17-18-19-20-21-22-23-26-40-58-44-49(57(7)8)45-59-41-27-24-25-28-42-60-50-36-38-55(5)48(43-50)32-33-51-53-35-34-52(47(4)31-29-30-46(2)3)56(53,6)39-37-54(51)55/h16-17,32,46-47,49-54H,9-15,18-31,33-45H2,1-8H3/b17-16-/t47-,49+,50+,51?,52-,53?,54?,55+,56-/m1/s1. The van der Waals surface area contributed by atoms with E-state index >= 15 is 0 Å². The van der Waals surface area contributed by atoms with E-state index in [0.717, 1.165) is 75.0 Å². The van der Waals surface area contributed by atoms with Gasteiger partial charge in [0.05, 0.1) is 25.4 Å². The van der Waals surface area contributed by atoms with Crippen LogP contribution in [0.4, 0.5) is 0 Å². The van der Waals surface area contributed by atoms with E-state index in [-0.39, 0.29) is 0 Å². The summed E-state index contributed by atoms with van der Waals surface area (Å²) in [5.74, 6) is 5.48. The quantitative estimate of drug-likeness (QED) is 0.0477. The molecule has 4 rings (SSSR count). The molecule has 0 aliphatic heterocycles. The van der Waals surface area contributed by atoms with Gasteiger partial charge >= 0.3 is 0 Å². The fourth-order valence-corrected chi connectivity index (χ4v) is 12.9. The van der Waals surface area contributed by atoms with Crippen molar-refractivity contribution in [2.45, 2.75) is 240 Å². The zero-order valence-electron chi connectivity index (χ0n) is 41.6. The van der Waals surface area contributed by atoms with E-state index in [1.54, 1.807) is 5.57 Å². The molecule has 0 saturated heterocycles. The van der Waals surface area contributed by atoms with Gasteiger partial charge in [-0.15, -0.1) is 0 Å². The van der Waals surface area contributed by atoms with Crippen molar-refractivity contribution in [1.82, 2.24) is 4.90 Å². The van der Waals surface area contributed by atoms with Crippen molar-refractivity contribution in [2.24, 2.45) is 46.3 Å². The molecule has 0 aromatic carbocycles. The second-order valence-corrected chi connectivity index (χ2v) is 22.1. The molecule has 4 aliphatic rings. The molecular weight excluding hydrogens is 735 g/mol. The third-order valence-electron chi connectivity index (χ3n) is 16.9. The van der Waals surface area contributed by atoms with Gasteiger partial charge in [0, 0.05) is 19.8 Å². The molecule has 3 fully saturated rings. The molecule has 350 valence electrons. The number of allylic oxidation sites excluding steroid dienone is 3. The van der Waals surface area contributed by atoms with Crippen LogP contribution in [0.5, 0.6) is 0 Å². The van der Waals surface area contributed by atoms with Crippen LogP contribution in [-0.2, 0) is 14.2 Å². The molecule has 9 atom stereocenters. The van der Waals surface area contributed by atoms with Gasteiger partial charge in [-0.05, 0) is 157 Å². The van der Waals surface area contributed by atoms with Crippen molar-refractivity contribution in [3.8, 4) is 0 Å². The van der Waals surface area contributed by atoms with E-state index in [9.17, 15) is 0 Å². The van der Waals surface area contributed by atoms with Crippen LogP contribution < -0.4 is 0 Å². The van der Waals surface area contributed by atoms with Gasteiger partial charge in [0.2, 0.25) is 0 Å². The molecule has 60 heavy (non-hydrogen) atoms. The first-order chi connectivity index (χ1) is 29.1. The number of hydrogen-bond acceptors (Lipinski definition) is 4. The van der Waals surface area contributed by atoms with Gasteiger partial charge in [0.15, 0.2) is 0 Å². The molecule has 0 spiro atoms. The van der Waals surface area contributed by atoms with Gasteiger partial charge in [-0.2, -0.15) is 0 Å². The van der Waals surface area contributed by atoms with Crippen molar-refractivity contribution in [3.05, 3.63) is 23.8 Å². The summed E-state index contributed by atoms with van der Waals surface area (Å²) in [6.07, 6.45) is 47.0. The summed E-state index contributed by atoms with van der Waals surface area (Å²) in [6.45, 7) is 19.3. The summed E-state index contributed by atoms with van der Waals surface area (Å²) in [4.78, 5) is 2.26. The molecule has 4 aliphatic carbocycles. The monoisotopic (exact) mass is 838 g/mol. The van der Waals surface area contributed by atoms with E-state index in [1.807, 2.05) is 0 Å². The number of ether oxygens (including phenoxy) is 3. The summed E-state index contributed by atoms with van der Waals surface area (Å²) in [5, 5.41) is 0. The van der Waals surface area contributed by atoms with Gasteiger partial charge in [0.25, 0.3) is 0 Å². The lowest BCUT2D eigenvalue weighted by Crippen LogP contribution is -2.51. The molecule has 0 amide bonds. The number of rotatable bonds is 34. The first kappa shape index (κ1) is 51.9. The zero-order valence-corrected chi connectivity index (χ0v) is 41.6. The van der Waals surface area contributed by atoms with Crippen molar-refractivity contribution >= 4 is 0 Å². The average Bonchev–Trinajstić information content (AvgIpc) is 3.59. The summed E-state index contributed by atoms with van der Waals surface area (Å²) >= 11 is 0. The maximum atomic E-state index is 6.59. The molecule has 4 heteroatoms. The van der Waals surface area contributed by atoms with Crippen LogP contribution in [0.3, 0.4) is 0 Å². The van der Waals surface area contributed by atoms with Gasteiger partial charge in [0.1, 0.15) is 0 Å². The number of nitrogens with zero attached hydrogens (tertiary/aromatic N) is 1. The van der Waals surface area contributed by atoms with Gasteiger partial charge < -0.3 is 19.1 Å². The van der Waals surface area contributed by atoms with Crippen molar-refractivity contribution < 1.29 is 14.2 Å². The molecule has 0 aromatic rings. The zero-order chi connectivity index (χ0) is 43.1. The van der Waals surface area contributed by atoms with E-state index in [4.69, 9.17) is 14.2 Å². The third kappa shape index (κ3) is 17.0. The smallest absolute Gasteiger partial charge is 0.0644 e. The Hall–Kier alpha value is -0.680. The minimum Gasteiger partial charge on any atom is -0.380 e. The van der Waals surface area contributed by atoms with Crippen LogP contribution in [0, 0.1) is 46.3 Å². The second kappa shape index (κ2) is 29.0. The van der Waals surface area contributed by atoms with Crippen molar-refractivity contribution in [2.75, 3.05) is 47.1 Å². The predicted molar refractivity (Wildman–Crippen MR) is 260 cm³/mol. The molecule has 0 N–H and O–H groups in total. The van der Waals surface area contributed by atoms with Crippen molar-refractivity contribution in [1.29, 1.82) is 0 Å². The van der Waals surface area contributed by atoms with Crippen molar-refractivity contribution in [3.63, 3.8) is 0 Å². The Morgan fingerprint density at radius 1 is 0.667 bits per heavy atom. The van der Waals surface area contributed by atoms with E-state index < -0.39 is 0 Å². The highest BCUT2D eigenvalue weighted by molar-refractivity contribution is 5.25. The van der Waals surface area contributed by atoms with Gasteiger partial charge in [-0.1, -0.05) is 155 Å². The lowest BCUT2D eigenvalue weighted by molar-refractivity contribution is -0.0641. The minimum atomic E-state index is 0.335. The maximum Gasteiger partial charge on any atom is 0.0644 e. The molecule has 0 bridgehead atoms. The lowest BCUT2D eigenvalue weighted by Gasteiger charge is -2.58. The molecule has 0 heterocycles. The van der Waals surface area contributed by atoms with Gasteiger partial charge in [-0.3, -0.25) is 0 Å². The van der Waals surface area contributed by atoms with Crippen LogP contribution in [-0.4, -0.2) is 64.2 Å². The third-order valence-corrected chi connectivity index (χ3v) is 16.9. The molecule has 0 aromatic heterocycles. The average molecular weight is 838 g/mol. The SMILES string of the molecule is CCCCCCCC/C=C\CCCCCCCCOC[C@@H](COCCCCCCO[C@H]1CC[C@@]2(C)C(=CCC3C2CC[C@@]2(C)C3CC[C@@H]2[C@H](C)CCCC(C)C)C1)N(C)C. The summed E-state index contributed by atoms with van der Waals surface area (Å²) in [6, 6.07) is 0.335. The molecule has 4 nitrogen and oxygen atoms in total. The molecule has 3 saturated carbocycles. The summed E-state index contributed by atoms with van der Waals surface area (Å²) < 4.78 is 18.8. The number of likely N-dealkylation sites (N-methyl/N-ethyl adjacent to an activating group) is 1. The summed E-state index contributed by atoms with van der Waals surface area (Å²) in [5.41, 5.74) is 2.78. The Labute approximate surface area is 375 Å². The lowest BCUT2D eigenvalue weighted by atomic mass is 9.47. The molecular formula is C56H103NO3. The number of fused-ring (bicyclic) bond motifs is 5. The first-order valence-corrected chi connectivity index (χ1v) is 26.9. The van der Waals surface area contributed by atoms with Crippen LogP contribution in [0.1, 0.15) is 228 Å². The van der Waals surface area contributed by atoms with Crippen LogP contribution in [0.2, 0.25) is 0 Å². The fraction of sp³-hybridized carbons (Fsp3) is 0.929. The fourth-order valence-electron chi connectivity index (χ4n) is 12.9.